The van der Waals surface area contributed by atoms with Crippen molar-refractivity contribution in [2.24, 2.45) is 22.9 Å². The van der Waals surface area contributed by atoms with Crippen LogP contribution in [-0.2, 0) is 16.2 Å². The molecule has 5 aromatic rings. The van der Waals surface area contributed by atoms with Crippen molar-refractivity contribution in [1.29, 1.82) is 5.26 Å². The summed E-state index contributed by atoms with van der Waals surface area (Å²) in [4.78, 5) is 23.2. The van der Waals surface area contributed by atoms with Crippen LogP contribution in [0.4, 0.5) is 0 Å². The Labute approximate surface area is 394 Å². The summed E-state index contributed by atoms with van der Waals surface area (Å²) in [6, 6.07) is 42.5. The highest BCUT2D eigenvalue weighted by atomic mass is 16.7. The summed E-state index contributed by atoms with van der Waals surface area (Å²) in [5.41, 5.74) is 6.76. The van der Waals surface area contributed by atoms with Gasteiger partial charge in [0.25, 0.3) is 5.91 Å². The van der Waals surface area contributed by atoms with E-state index in [4.69, 9.17) is 24.2 Å². The number of carbonyl (C=O) groups excluding carboxylic acids is 1. The molecule has 2 N–H and O–H groups in total. The number of benzene rings is 5. The van der Waals surface area contributed by atoms with Gasteiger partial charge in [-0.15, -0.1) is 6.58 Å². The Morgan fingerprint density at radius 3 is 2.25 bits per heavy atom. The SMILES string of the molecule is C=CCO[C@@]12Oc3ccc(Oc4ccc(-c5ccccc5)cc4)cc3[C@H]3[C@H](CCCCO)[C@@H](CCCCO)C=C(C(=NOCc4ccccc4)C[C@@H]1N(CCC)C(=O)c1ccc(C#N)cc1)[C@H]32. The molecule has 346 valence electrons. The van der Waals surface area contributed by atoms with E-state index in [1.165, 1.54) is 0 Å². The van der Waals surface area contributed by atoms with Gasteiger partial charge in [-0.3, -0.25) is 4.79 Å². The van der Waals surface area contributed by atoms with E-state index in [-0.39, 0.29) is 56.5 Å². The molecule has 5 aromatic carbocycles. The van der Waals surface area contributed by atoms with Gasteiger partial charge in [-0.2, -0.15) is 5.26 Å². The number of fused-ring (bicyclic) bond motifs is 2. The standard InChI is InChI=1S/C57H61N3O7/c1-3-31-60(56(63)44-23-21-40(38-58)22-24-44)53-37-51(59-65-39-41-15-7-5-8-16-41)49-35-45(19-11-13-32-61)48(20-12-14-33-62)54-50-36-47(29-30-52(50)67-57(53,55(49)54)64-34-4-2)66-46-27-25-43(26-28-46)42-17-9-6-10-18-42/h4-10,15-18,21-30,35-36,45,48,53-55,61-62H,2-3,11-14,19-20,31-34,37,39H2,1H3/t45-,48+,53-,54+,55+,57+/m0/s1. The van der Waals surface area contributed by atoms with Crippen molar-refractivity contribution in [2.75, 3.05) is 26.4 Å². The Bertz CT molecular complexity index is 2540. The van der Waals surface area contributed by atoms with Crippen molar-refractivity contribution in [1.82, 2.24) is 4.90 Å². The number of nitriles is 1. The molecule has 1 saturated carbocycles. The number of oxime groups is 1. The van der Waals surface area contributed by atoms with Crippen LogP contribution in [0.5, 0.6) is 17.2 Å². The normalized spacial score (nSPS) is 22.0. The largest absolute Gasteiger partial charge is 0.459 e. The molecule has 0 radical (unpaired) electrons. The molecule has 3 aliphatic rings. The van der Waals surface area contributed by atoms with Gasteiger partial charge in [-0.1, -0.05) is 110 Å². The zero-order valence-corrected chi connectivity index (χ0v) is 38.3. The lowest BCUT2D eigenvalue weighted by Gasteiger charge is -2.60. The van der Waals surface area contributed by atoms with E-state index in [1.54, 1.807) is 30.3 Å². The molecular weight excluding hydrogens is 839 g/mol. The molecule has 0 bridgehead atoms. The van der Waals surface area contributed by atoms with E-state index in [0.717, 1.165) is 59.2 Å². The van der Waals surface area contributed by atoms with Crippen molar-refractivity contribution in [3.8, 4) is 34.4 Å². The van der Waals surface area contributed by atoms with Crippen LogP contribution in [0.15, 0.2) is 157 Å². The molecule has 0 saturated heterocycles. The number of ether oxygens (including phenoxy) is 3. The molecule has 0 aromatic heterocycles. The number of rotatable bonds is 21. The third-order valence-corrected chi connectivity index (χ3v) is 13.5. The van der Waals surface area contributed by atoms with Crippen molar-refractivity contribution >= 4 is 11.6 Å². The third kappa shape index (κ3) is 10.4. The maximum absolute atomic E-state index is 15.0. The van der Waals surface area contributed by atoms with Crippen molar-refractivity contribution < 1.29 is 34.1 Å². The lowest BCUT2D eigenvalue weighted by atomic mass is 9.55. The average Bonchev–Trinajstić information content (AvgIpc) is 3.37. The molecule has 1 heterocycles. The smallest absolute Gasteiger partial charge is 0.254 e. The topological polar surface area (TPSA) is 134 Å². The molecule has 0 unspecified atom stereocenters. The highest BCUT2D eigenvalue weighted by Gasteiger charge is 2.65. The van der Waals surface area contributed by atoms with Gasteiger partial charge >= 0.3 is 0 Å². The van der Waals surface area contributed by atoms with Crippen LogP contribution in [0, 0.1) is 29.1 Å². The van der Waals surface area contributed by atoms with Gasteiger partial charge < -0.3 is 34.2 Å². The highest BCUT2D eigenvalue weighted by molar-refractivity contribution is 6.03. The molecule has 10 heteroatoms. The van der Waals surface area contributed by atoms with Gasteiger partial charge in [0.2, 0.25) is 5.79 Å². The minimum Gasteiger partial charge on any atom is -0.459 e. The predicted molar refractivity (Wildman–Crippen MR) is 261 cm³/mol. The van der Waals surface area contributed by atoms with E-state index in [9.17, 15) is 15.5 Å². The molecule has 1 amide bonds. The third-order valence-electron chi connectivity index (χ3n) is 13.5. The Balaban J connectivity index is 1.30. The second-order valence-corrected chi connectivity index (χ2v) is 17.7. The highest BCUT2D eigenvalue weighted by Crippen LogP contribution is 2.62. The molecule has 1 fully saturated rings. The van der Waals surface area contributed by atoms with Crippen LogP contribution in [-0.4, -0.2) is 64.9 Å². The second-order valence-electron chi connectivity index (χ2n) is 17.7. The van der Waals surface area contributed by atoms with Crippen molar-refractivity contribution in [3.05, 3.63) is 174 Å². The Morgan fingerprint density at radius 1 is 0.881 bits per heavy atom. The van der Waals surface area contributed by atoms with Crippen LogP contribution in [0.3, 0.4) is 0 Å². The van der Waals surface area contributed by atoms with Crippen LogP contribution in [0.1, 0.15) is 91.3 Å². The number of hydrogen-bond donors (Lipinski definition) is 2. The summed E-state index contributed by atoms with van der Waals surface area (Å²) < 4.78 is 21.3. The molecule has 6 atom stereocenters. The number of hydrogen-bond acceptors (Lipinski definition) is 9. The first-order valence-corrected chi connectivity index (χ1v) is 23.8. The van der Waals surface area contributed by atoms with E-state index in [2.05, 4.69) is 49.1 Å². The summed E-state index contributed by atoms with van der Waals surface area (Å²) in [6.45, 7) is 7.12. The average molecular weight is 900 g/mol. The predicted octanol–water partition coefficient (Wildman–Crippen LogP) is 11.4. The maximum Gasteiger partial charge on any atom is 0.254 e. The summed E-state index contributed by atoms with van der Waals surface area (Å²) >= 11 is 0. The summed E-state index contributed by atoms with van der Waals surface area (Å²) in [6.07, 6.45) is 9.61. The van der Waals surface area contributed by atoms with Gasteiger partial charge in [0.1, 0.15) is 29.9 Å². The van der Waals surface area contributed by atoms with Crippen molar-refractivity contribution in [3.63, 3.8) is 0 Å². The summed E-state index contributed by atoms with van der Waals surface area (Å²) in [7, 11) is 0. The fourth-order valence-electron chi connectivity index (χ4n) is 10.4. The van der Waals surface area contributed by atoms with Gasteiger partial charge in [-0.05, 0) is 121 Å². The number of unbranched alkanes of at least 4 members (excludes halogenated alkanes) is 2. The lowest BCUT2D eigenvalue weighted by molar-refractivity contribution is -0.254. The Hall–Kier alpha value is -6.51. The molecule has 2 aliphatic carbocycles. The van der Waals surface area contributed by atoms with Gasteiger partial charge in [0.15, 0.2) is 0 Å². The van der Waals surface area contributed by atoms with Crippen LogP contribution < -0.4 is 9.47 Å². The molecule has 10 nitrogen and oxygen atoms in total. The van der Waals surface area contributed by atoms with Crippen LogP contribution in [0.2, 0.25) is 0 Å². The molecule has 8 rings (SSSR count). The van der Waals surface area contributed by atoms with Crippen LogP contribution in [0.25, 0.3) is 11.1 Å². The minimum absolute atomic E-state index is 0.0489. The Morgan fingerprint density at radius 2 is 1.57 bits per heavy atom. The van der Waals surface area contributed by atoms with E-state index in [1.807, 2.05) is 84.6 Å². The minimum atomic E-state index is -1.41. The first kappa shape index (κ1) is 47.0. The van der Waals surface area contributed by atoms with Gasteiger partial charge in [-0.25, -0.2) is 0 Å². The van der Waals surface area contributed by atoms with E-state index < -0.39 is 17.7 Å². The second kappa shape index (κ2) is 22.3. The fraction of sp³-hybridized carbons (Fsp3) is 0.351. The molecule has 1 aliphatic heterocycles. The molecule has 67 heavy (non-hydrogen) atoms. The number of aliphatic hydroxyl groups is 2. The quantitative estimate of drug-likeness (QED) is 0.0422. The van der Waals surface area contributed by atoms with Gasteiger partial charge in [0.05, 0.1) is 29.9 Å². The molecule has 0 spiro atoms. The van der Waals surface area contributed by atoms with E-state index >= 15 is 4.79 Å². The number of carbonyl (C=O) groups is 1. The Kier molecular flexibility index (Phi) is 15.7. The van der Waals surface area contributed by atoms with Gasteiger partial charge in [0, 0.05) is 43.2 Å². The maximum atomic E-state index is 15.0. The fourth-order valence-corrected chi connectivity index (χ4v) is 10.4. The van der Waals surface area contributed by atoms with Crippen LogP contribution >= 0.6 is 0 Å². The number of allylic oxidation sites excluding steroid dienone is 1. The van der Waals surface area contributed by atoms with E-state index in [0.29, 0.717) is 54.2 Å². The molecular formula is C57H61N3O7. The zero-order valence-electron chi connectivity index (χ0n) is 38.3. The summed E-state index contributed by atoms with van der Waals surface area (Å²) in [5, 5.41) is 34.6. The number of nitrogens with zero attached hydrogens (tertiary/aromatic N) is 3. The first-order valence-electron chi connectivity index (χ1n) is 23.8. The van der Waals surface area contributed by atoms with Crippen molar-refractivity contribution in [2.45, 2.75) is 82.6 Å². The first-order chi connectivity index (χ1) is 32.9. The lowest BCUT2D eigenvalue weighted by Crippen LogP contribution is -2.70. The monoisotopic (exact) mass is 899 g/mol. The zero-order chi connectivity index (χ0) is 46.6. The number of amides is 1. The number of aliphatic hydroxyl groups excluding tert-OH is 2. The summed E-state index contributed by atoms with van der Waals surface area (Å²) in [5.74, 6) is -0.181.